The first-order valence-corrected chi connectivity index (χ1v) is 7.63. The van der Waals surface area contributed by atoms with Crippen LogP contribution >= 0.6 is 0 Å². The Morgan fingerprint density at radius 2 is 1.96 bits per heavy atom. The molecule has 0 aliphatic carbocycles. The maximum atomic E-state index is 11.6. The van der Waals surface area contributed by atoms with Crippen LogP contribution in [0.4, 0.5) is 5.95 Å². The lowest BCUT2D eigenvalue weighted by Gasteiger charge is -2.34. The molecule has 0 amide bonds. The van der Waals surface area contributed by atoms with Gasteiger partial charge in [-0.05, 0) is 6.07 Å². The first kappa shape index (κ1) is 15.4. The number of ether oxygens (including phenoxy) is 1. The molecule has 0 radical (unpaired) electrons. The van der Waals surface area contributed by atoms with Crippen molar-refractivity contribution in [2.75, 3.05) is 44.7 Å². The lowest BCUT2D eigenvalue weighted by molar-refractivity contribution is 0.241. The molecule has 23 heavy (non-hydrogen) atoms. The summed E-state index contributed by atoms with van der Waals surface area (Å²) in [6.45, 7) is 4.93. The highest BCUT2D eigenvalue weighted by Gasteiger charge is 2.19. The molecule has 1 fully saturated rings. The Kier molecular flexibility index (Phi) is 4.82. The molecule has 1 aliphatic heterocycles. The van der Waals surface area contributed by atoms with Crippen molar-refractivity contribution in [3.8, 4) is 5.88 Å². The van der Waals surface area contributed by atoms with Gasteiger partial charge in [-0.25, -0.2) is 9.67 Å². The fourth-order valence-corrected chi connectivity index (χ4v) is 2.56. The largest absolute Gasteiger partial charge is 0.481 e. The second-order valence-electron chi connectivity index (χ2n) is 5.31. The summed E-state index contributed by atoms with van der Waals surface area (Å²) in [7, 11) is 1.60. The third-order valence-corrected chi connectivity index (χ3v) is 3.89. The molecule has 2 aromatic heterocycles. The molecule has 3 heterocycles. The molecule has 0 saturated carbocycles. The first-order valence-electron chi connectivity index (χ1n) is 7.63. The van der Waals surface area contributed by atoms with Gasteiger partial charge in [0.15, 0.2) is 0 Å². The smallest absolute Gasteiger partial charge is 0.266 e. The summed E-state index contributed by atoms with van der Waals surface area (Å²) < 4.78 is 6.64. The summed E-state index contributed by atoms with van der Waals surface area (Å²) in [6.07, 6.45) is 3.35. The Hall–Kier alpha value is -2.48. The van der Waals surface area contributed by atoms with Gasteiger partial charge in [0.05, 0.1) is 13.7 Å². The molecule has 0 N–H and O–H groups in total. The van der Waals surface area contributed by atoms with E-state index in [1.54, 1.807) is 31.6 Å². The number of hydrogen-bond acceptors (Lipinski definition) is 7. The van der Waals surface area contributed by atoms with Gasteiger partial charge in [-0.1, -0.05) is 0 Å². The summed E-state index contributed by atoms with van der Waals surface area (Å²) in [4.78, 5) is 24.8. The molecule has 8 nitrogen and oxygen atoms in total. The summed E-state index contributed by atoms with van der Waals surface area (Å²) in [5.41, 5.74) is -0.0593. The van der Waals surface area contributed by atoms with Crippen molar-refractivity contribution in [1.29, 1.82) is 0 Å². The summed E-state index contributed by atoms with van der Waals surface area (Å²) in [6, 6.07) is 4.93. The van der Waals surface area contributed by atoms with Crippen LogP contribution in [0.5, 0.6) is 5.88 Å². The summed E-state index contributed by atoms with van der Waals surface area (Å²) in [5, 5.41) is 4.08. The standard InChI is InChI=1S/C15H20N6O2/c1-23-13-4-6-16-15(18-13)20-10-7-19(8-11-20)9-12-21-14(22)3-2-5-17-21/h2-6H,7-12H2,1H3. The van der Waals surface area contributed by atoms with E-state index in [4.69, 9.17) is 4.74 Å². The van der Waals surface area contributed by atoms with Crippen LogP contribution in [0.25, 0.3) is 0 Å². The third-order valence-electron chi connectivity index (χ3n) is 3.89. The van der Waals surface area contributed by atoms with Crippen molar-refractivity contribution in [2.45, 2.75) is 6.54 Å². The van der Waals surface area contributed by atoms with Crippen molar-refractivity contribution < 1.29 is 4.74 Å². The van der Waals surface area contributed by atoms with E-state index in [2.05, 4.69) is 24.9 Å². The number of piperazine rings is 1. The Labute approximate surface area is 134 Å². The zero-order valence-electron chi connectivity index (χ0n) is 13.1. The van der Waals surface area contributed by atoms with Crippen LogP contribution in [0, 0.1) is 0 Å². The highest BCUT2D eigenvalue weighted by atomic mass is 16.5. The highest BCUT2D eigenvalue weighted by molar-refractivity contribution is 5.32. The molecule has 0 atom stereocenters. The van der Waals surface area contributed by atoms with Crippen LogP contribution in [-0.4, -0.2) is 64.5 Å². The molecule has 8 heteroatoms. The van der Waals surface area contributed by atoms with Crippen LogP contribution in [0.15, 0.2) is 35.4 Å². The Morgan fingerprint density at radius 3 is 2.70 bits per heavy atom. The minimum Gasteiger partial charge on any atom is -0.481 e. The van der Waals surface area contributed by atoms with Crippen LogP contribution < -0.4 is 15.2 Å². The quantitative estimate of drug-likeness (QED) is 0.760. The van der Waals surface area contributed by atoms with Crippen molar-refractivity contribution >= 4 is 5.95 Å². The molecule has 0 aromatic carbocycles. The zero-order chi connectivity index (χ0) is 16.1. The number of methoxy groups -OCH3 is 1. The monoisotopic (exact) mass is 316 g/mol. The Balaban J connectivity index is 1.52. The summed E-state index contributed by atoms with van der Waals surface area (Å²) >= 11 is 0. The molecule has 0 spiro atoms. The Bertz CT molecular complexity index is 696. The van der Waals surface area contributed by atoms with E-state index in [9.17, 15) is 4.79 Å². The van der Waals surface area contributed by atoms with E-state index in [0.717, 1.165) is 32.7 Å². The average Bonchev–Trinajstić information content (AvgIpc) is 2.61. The van der Waals surface area contributed by atoms with Crippen LogP contribution in [-0.2, 0) is 6.54 Å². The molecule has 3 rings (SSSR count). The van der Waals surface area contributed by atoms with Gasteiger partial charge in [0.25, 0.3) is 5.56 Å². The predicted octanol–water partition coefficient (Wildman–Crippen LogP) is -0.136. The molecular weight excluding hydrogens is 296 g/mol. The van der Waals surface area contributed by atoms with Gasteiger partial charge in [0.2, 0.25) is 11.8 Å². The van der Waals surface area contributed by atoms with E-state index >= 15 is 0 Å². The fourth-order valence-electron chi connectivity index (χ4n) is 2.56. The number of rotatable bonds is 5. The van der Waals surface area contributed by atoms with Crippen molar-refractivity contribution in [1.82, 2.24) is 24.6 Å². The summed E-state index contributed by atoms with van der Waals surface area (Å²) in [5.74, 6) is 1.27. The molecule has 2 aromatic rings. The van der Waals surface area contributed by atoms with Crippen molar-refractivity contribution in [2.24, 2.45) is 0 Å². The van der Waals surface area contributed by atoms with Gasteiger partial charge >= 0.3 is 0 Å². The van der Waals surface area contributed by atoms with E-state index in [1.807, 2.05) is 0 Å². The minimum atomic E-state index is -0.0593. The highest BCUT2D eigenvalue weighted by Crippen LogP contribution is 2.14. The van der Waals surface area contributed by atoms with Crippen LogP contribution in [0.2, 0.25) is 0 Å². The van der Waals surface area contributed by atoms with Gasteiger partial charge in [0.1, 0.15) is 0 Å². The SMILES string of the molecule is COc1ccnc(N2CCN(CCn3ncccc3=O)CC2)n1. The van der Waals surface area contributed by atoms with Crippen LogP contribution in [0.1, 0.15) is 0 Å². The van der Waals surface area contributed by atoms with E-state index in [1.165, 1.54) is 10.7 Å². The van der Waals surface area contributed by atoms with Gasteiger partial charge in [0, 0.05) is 57.3 Å². The van der Waals surface area contributed by atoms with Gasteiger partial charge in [-0.15, -0.1) is 0 Å². The molecule has 1 aliphatic rings. The molecule has 0 unspecified atom stereocenters. The number of aromatic nitrogens is 4. The lowest BCUT2D eigenvalue weighted by atomic mass is 10.3. The van der Waals surface area contributed by atoms with Gasteiger partial charge < -0.3 is 9.64 Å². The maximum Gasteiger partial charge on any atom is 0.266 e. The number of hydrogen-bond donors (Lipinski definition) is 0. The van der Waals surface area contributed by atoms with E-state index in [0.29, 0.717) is 18.4 Å². The minimum absolute atomic E-state index is 0.0593. The number of anilines is 1. The van der Waals surface area contributed by atoms with Crippen molar-refractivity contribution in [3.63, 3.8) is 0 Å². The Morgan fingerprint density at radius 1 is 1.13 bits per heavy atom. The second kappa shape index (κ2) is 7.19. The predicted molar refractivity (Wildman–Crippen MR) is 85.7 cm³/mol. The van der Waals surface area contributed by atoms with Gasteiger partial charge in [-0.3, -0.25) is 9.69 Å². The normalized spacial score (nSPS) is 15.6. The van der Waals surface area contributed by atoms with Crippen molar-refractivity contribution in [3.05, 3.63) is 40.9 Å². The molecule has 0 bridgehead atoms. The average molecular weight is 316 g/mol. The van der Waals surface area contributed by atoms with E-state index in [-0.39, 0.29) is 5.56 Å². The zero-order valence-corrected chi connectivity index (χ0v) is 13.1. The second-order valence-corrected chi connectivity index (χ2v) is 5.31. The first-order chi connectivity index (χ1) is 11.3. The van der Waals surface area contributed by atoms with Crippen LogP contribution in [0.3, 0.4) is 0 Å². The topological polar surface area (TPSA) is 76.4 Å². The molecular formula is C15H20N6O2. The van der Waals surface area contributed by atoms with Gasteiger partial charge in [-0.2, -0.15) is 10.1 Å². The van der Waals surface area contributed by atoms with E-state index < -0.39 is 0 Å². The maximum absolute atomic E-state index is 11.6. The fraction of sp³-hybridized carbons (Fsp3) is 0.467. The molecule has 1 saturated heterocycles. The molecule has 122 valence electrons. The third kappa shape index (κ3) is 3.84. The lowest BCUT2D eigenvalue weighted by Crippen LogP contribution is -2.48. The number of nitrogens with zero attached hydrogens (tertiary/aromatic N) is 6.